The highest BCUT2D eigenvalue weighted by Crippen LogP contribution is 2.28. The molecule has 0 saturated heterocycles. The highest BCUT2D eigenvalue weighted by Gasteiger charge is 2.29. The molecule has 0 amide bonds. The molecule has 86 valence electrons. The van der Waals surface area contributed by atoms with Gasteiger partial charge in [0.05, 0.1) is 5.56 Å². The molecule has 0 heterocycles. The Hall–Kier alpha value is -1.07. The van der Waals surface area contributed by atoms with Crippen LogP contribution in [0.4, 0.5) is 13.2 Å². The van der Waals surface area contributed by atoms with Gasteiger partial charge in [-0.1, -0.05) is 12.1 Å². The van der Waals surface area contributed by atoms with Crippen LogP contribution in [-0.2, 0) is 12.7 Å². The lowest BCUT2D eigenvalue weighted by atomic mass is 10.1. The molecule has 1 aromatic rings. The molecule has 2 nitrogen and oxygen atoms in total. The summed E-state index contributed by atoms with van der Waals surface area (Å²) in [5.74, 6) is 0. The van der Waals surface area contributed by atoms with Crippen LogP contribution in [0.15, 0.2) is 24.3 Å². The van der Waals surface area contributed by atoms with Crippen LogP contribution in [-0.4, -0.2) is 14.1 Å². The summed E-state index contributed by atoms with van der Waals surface area (Å²) in [4.78, 5) is 0. The predicted octanol–water partition coefficient (Wildman–Crippen LogP) is 2.00. The Morgan fingerprint density at radius 2 is 1.60 bits per heavy atom. The average Bonchev–Trinajstić information content (AvgIpc) is 2.21. The van der Waals surface area contributed by atoms with E-state index in [-0.39, 0.29) is 0 Å². The summed E-state index contributed by atoms with van der Waals surface area (Å²) in [7, 11) is 3.25. The number of rotatable bonds is 2. The first kappa shape index (κ1) is 13.9. The van der Waals surface area contributed by atoms with Crippen LogP contribution >= 0.6 is 0 Å². The summed E-state index contributed by atoms with van der Waals surface area (Å²) >= 11 is 0. The van der Waals surface area contributed by atoms with Crippen LogP contribution < -0.4 is 11.1 Å². The molecule has 0 aliphatic heterocycles. The first-order valence-corrected chi connectivity index (χ1v) is 4.42. The van der Waals surface area contributed by atoms with Crippen molar-refractivity contribution >= 4 is 0 Å². The minimum atomic E-state index is -4.24. The number of hydrogen-bond donors (Lipinski definition) is 2. The van der Waals surface area contributed by atoms with Gasteiger partial charge in [-0.15, -0.1) is 0 Å². The molecule has 0 aromatic heterocycles. The number of benzene rings is 1. The van der Waals surface area contributed by atoms with Crippen LogP contribution in [0.3, 0.4) is 0 Å². The molecule has 5 heteroatoms. The Morgan fingerprint density at radius 1 is 1.13 bits per heavy atom. The summed E-state index contributed by atoms with van der Waals surface area (Å²) in [6, 6.07) is 5.12. The van der Waals surface area contributed by atoms with E-state index in [4.69, 9.17) is 0 Å². The van der Waals surface area contributed by atoms with Crippen molar-refractivity contribution in [3.8, 4) is 0 Å². The fraction of sp³-hybridized carbons (Fsp3) is 0.400. The van der Waals surface area contributed by atoms with Crippen molar-refractivity contribution in [1.82, 2.24) is 5.32 Å². The summed E-state index contributed by atoms with van der Waals surface area (Å²) in [6.45, 7) is 0.581. The molecule has 0 atom stereocenters. The minimum Gasteiger partial charge on any atom is -0.333 e. The quantitative estimate of drug-likeness (QED) is 0.800. The zero-order chi connectivity index (χ0) is 11.9. The van der Waals surface area contributed by atoms with E-state index < -0.39 is 11.7 Å². The van der Waals surface area contributed by atoms with Gasteiger partial charge in [-0.05, 0) is 31.8 Å². The second-order valence-corrected chi connectivity index (χ2v) is 2.73. The van der Waals surface area contributed by atoms with E-state index in [0.717, 1.165) is 17.7 Å². The zero-order valence-corrected chi connectivity index (χ0v) is 8.73. The predicted molar refractivity (Wildman–Crippen MR) is 54.3 cm³/mol. The second kappa shape index (κ2) is 6.42. The van der Waals surface area contributed by atoms with Gasteiger partial charge in [0.15, 0.2) is 0 Å². The Balaban J connectivity index is 0.000000921. The van der Waals surface area contributed by atoms with Crippen LogP contribution in [0.1, 0.15) is 11.1 Å². The highest BCUT2D eigenvalue weighted by molar-refractivity contribution is 5.24. The van der Waals surface area contributed by atoms with Crippen molar-refractivity contribution in [1.29, 1.82) is 0 Å². The Morgan fingerprint density at radius 3 is 1.93 bits per heavy atom. The number of halogens is 3. The van der Waals surface area contributed by atoms with E-state index in [2.05, 4.69) is 11.1 Å². The zero-order valence-electron chi connectivity index (χ0n) is 8.73. The van der Waals surface area contributed by atoms with Gasteiger partial charge in [0, 0.05) is 6.54 Å². The molecule has 1 rings (SSSR count). The molecule has 3 N–H and O–H groups in total. The summed E-state index contributed by atoms with van der Waals surface area (Å²) in [5, 5.41) is 2.86. The molecular weight excluding hydrogens is 205 g/mol. The molecular formula is C10H15F3N2. The fourth-order valence-electron chi connectivity index (χ4n) is 1.02. The maximum absolute atomic E-state index is 12.1. The molecule has 0 bridgehead atoms. The lowest BCUT2D eigenvalue weighted by molar-refractivity contribution is -0.137. The first-order chi connectivity index (χ1) is 7.04. The normalized spacial score (nSPS) is 10.5. The number of nitrogens with one attached hydrogen (secondary N) is 1. The number of hydrogen-bond acceptors (Lipinski definition) is 2. The van der Waals surface area contributed by atoms with Gasteiger partial charge in [-0.2, -0.15) is 13.2 Å². The van der Waals surface area contributed by atoms with Crippen LogP contribution in [0.2, 0.25) is 0 Å². The summed E-state index contributed by atoms with van der Waals surface area (Å²) in [5.41, 5.74) is 4.74. The highest BCUT2D eigenvalue weighted by atomic mass is 19.4. The van der Waals surface area contributed by atoms with E-state index in [1.54, 1.807) is 7.05 Å². The van der Waals surface area contributed by atoms with Crippen molar-refractivity contribution in [3.63, 3.8) is 0 Å². The van der Waals surface area contributed by atoms with Crippen molar-refractivity contribution < 1.29 is 13.2 Å². The van der Waals surface area contributed by atoms with Crippen molar-refractivity contribution in [3.05, 3.63) is 35.4 Å². The largest absolute Gasteiger partial charge is 0.416 e. The third kappa shape index (κ3) is 4.80. The van der Waals surface area contributed by atoms with Crippen LogP contribution in [0.25, 0.3) is 0 Å². The van der Waals surface area contributed by atoms with Gasteiger partial charge in [0.1, 0.15) is 0 Å². The Labute approximate surface area is 87.3 Å². The van der Waals surface area contributed by atoms with Gasteiger partial charge >= 0.3 is 6.18 Å². The molecule has 0 aliphatic carbocycles. The molecule has 0 radical (unpaired) electrons. The van der Waals surface area contributed by atoms with Gasteiger partial charge in [0.25, 0.3) is 0 Å². The van der Waals surface area contributed by atoms with Gasteiger partial charge < -0.3 is 11.1 Å². The smallest absolute Gasteiger partial charge is 0.333 e. The summed E-state index contributed by atoms with van der Waals surface area (Å²) in [6.07, 6.45) is -4.24. The van der Waals surface area contributed by atoms with E-state index in [0.29, 0.717) is 6.54 Å². The standard InChI is InChI=1S/C9H10F3N.CH5N/c1-13-6-7-2-4-8(5-3-7)9(10,11)12;1-2/h2-5,13H,6H2,1H3;2H2,1H3. The van der Waals surface area contributed by atoms with E-state index in [9.17, 15) is 13.2 Å². The van der Waals surface area contributed by atoms with Gasteiger partial charge in [-0.3, -0.25) is 0 Å². The van der Waals surface area contributed by atoms with Crippen molar-refractivity contribution in [2.24, 2.45) is 5.73 Å². The van der Waals surface area contributed by atoms with Gasteiger partial charge in [-0.25, -0.2) is 0 Å². The SMILES string of the molecule is CN.CNCc1ccc(C(F)(F)F)cc1. The number of alkyl halides is 3. The molecule has 0 spiro atoms. The molecule has 0 fully saturated rings. The summed E-state index contributed by atoms with van der Waals surface area (Å²) < 4.78 is 36.3. The molecule has 0 aliphatic rings. The molecule has 0 unspecified atom stereocenters. The monoisotopic (exact) mass is 220 g/mol. The lowest BCUT2D eigenvalue weighted by Crippen LogP contribution is -2.07. The van der Waals surface area contributed by atoms with E-state index in [1.165, 1.54) is 19.2 Å². The van der Waals surface area contributed by atoms with E-state index >= 15 is 0 Å². The molecule has 0 saturated carbocycles. The van der Waals surface area contributed by atoms with Crippen LogP contribution in [0, 0.1) is 0 Å². The van der Waals surface area contributed by atoms with Gasteiger partial charge in [0.2, 0.25) is 0 Å². The van der Waals surface area contributed by atoms with Crippen molar-refractivity contribution in [2.45, 2.75) is 12.7 Å². The fourth-order valence-corrected chi connectivity index (χ4v) is 1.02. The van der Waals surface area contributed by atoms with E-state index in [1.807, 2.05) is 0 Å². The number of nitrogens with two attached hydrogens (primary N) is 1. The Bertz CT molecular complexity index is 267. The molecule has 1 aromatic carbocycles. The maximum atomic E-state index is 12.1. The first-order valence-electron chi connectivity index (χ1n) is 4.42. The third-order valence-corrected chi connectivity index (χ3v) is 1.66. The lowest BCUT2D eigenvalue weighted by Gasteiger charge is -2.06. The maximum Gasteiger partial charge on any atom is 0.416 e. The Kier molecular flexibility index (Phi) is 5.96. The second-order valence-electron chi connectivity index (χ2n) is 2.73. The van der Waals surface area contributed by atoms with Crippen LogP contribution in [0.5, 0.6) is 0 Å². The average molecular weight is 220 g/mol. The van der Waals surface area contributed by atoms with Crippen molar-refractivity contribution in [2.75, 3.05) is 14.1 Å². The topological polar surface area (TPSA) is 38.0 Å². The minimum absolute atomic E-state index is 0.581. The molecule has 15 heavy (non-hydrogen) atoms. The third-order valence-electron chi connectivity index (χ3n) is 1.66.